The standard InChI is InChI=1S/C34H29ClF3N3O3S/c1-21(2)23-10-8-22(9-11-23)18-30(41-32(43)24-6-4-3-5-7-24)33(44)39-26-13-15-27(16-14-26)45-20-31(42)40-29-17-12-25(35)19-28(29)34(36,37)38/h3-19,21H,20H2,1-2H3,(H,39,44)(H,40,42)(H,41,43)/b30-18-. The first-order valence-corrected chi connectivity index (χ1v) is 15.1. The lowest BCUT2D eigenvalue weighted by Gasteiger charge is -2.14. The molecule has 4 rings (SSSR count). The van der Waals surface area contributed by atoms with Crippen LogP contribution in [0, 0.1) is 0 Å². The van der Waals surface area contributed by atoms with Gasteiger partial charge in [0, 0.05) is 21.2 Å². The van der Waals surface area contributed by atoms with Crippen molar-refractivity contribution in [2.24, 2.45) is 0 Å². The normalized spacial score (nSPS) is 11.7. The lowest BCUT2D eigenvalue weighted by atomic mass is 10.0. The highest BCUT2D eigenvalue weighted by Gasteiger charge is 2.34. The fraction of sp³-hybridized carbons (Fsp3) is 0.147. The van der Waals surface area contributed by atoms with Crippen LogP contribution in [0.4, 0.5) is 24.5 Å². The van der Waals surface area contributed by atoms with Gasteiger partial charge in [-0.25, -0.2) is 0 Å². The van der Waals surface area contributed by atoms with Crippen LogP contribution in [0.2, 0.25) is 5.02 Å². The maximum absolute atomic E-state index is 13.3. The SMILES string of the molecule is CC(C)c1ccc(/C=C(\NC(=O)c2ccccc2)C(=O)Nc2ccc(SCC(=O)Nc3ccc(Cl)cc3C(F)(F)F)cc2)cc1. The Balaban J connectivity index is 1.42. The summed E-state index contributed by atoms with van der Waals surface area (Å²) in [6.07, 6.45) is -3.09. The lowest BCUT2D eigenvalue weighted by molar-refractivity contribution is -0.137. The molecule has 232 valence electrons. The molecule has 45 heavy (non-hydrogen) atoms. The average Bonchev–Trinajstić information content (AvgIpc) is 3.01. The second-order valence-corrected chi connectivity index (χ2v) is 11.7. The van der Waals surface area contributed by atoms with E-state index in [1.165, 1.54) is 6.07 Å². The molecule has 0 spiro atoms. The van der Waals surface area contributed by atoms with Crippen molar-refractivity contribution in [1.29, 1.82) is 0 Å². The minimum absolute atomic E-state index is 0.0386. The highest BCUT2D eigenvalue weighted by molar-refractivity contribution is 8.00. The molecule has 0 fully saturated rings. The van der Waals surface area contributed by atoms with Gasteiger partial charge < -0.3 is 16.0 Å². The van der Waals surface area contributed by atoms with Gasteiger partial charge in [0.2, 0.25) is 5.91 Å². The van der Waals surface area contributed by atoms with E-state index >= 15 is 0 Å². The number of rotatable bonds is 10. The predicted octanol–water partition coefficient (Wildman–Crippen LogP) is 8.62. The third-order valence-electron chi connectivity index (χ3n) is 6.49. The van der Waals surface area contributed by atoms with Gasteiger partial charge in [-0.1, -0.05) is 67.9 Å². The van der Waals surface area contributed by atoms with Crippen LogP contribution >= 0.6 is 23.4 Å². The molecule has 0 aromatic heterocycles. The predicted molar refractivity (Wildman–Crippen MR) is 173 cm³/mol. The topological polar surface area (TPSA) is 87.3 Å². The van der Waals surface area contributed by atoms with Gasteiger partial charge >= 0.3 is 6.18 Å². The first kappa shape index (κ1) is 33.4. The van der Waals surface area contributed by atoms with E-state index in [1.54, 1.807) is 60.7 Å². The van der Waals surface area contributed by atoms with Gasteiger partial charge in [0.15, 0.2) is 0 Å². The van der Waals surface area contributed by atoms with Gasteiger partial charge in [-0.2, -0.15) is 13.2 Å². The van der Waals surface area contributed by atoms with Crippen LogP contribution in [0.25, 0.3) is 6.08 Å². The smallest absolute Gasteiger partial charge is 0.325 e. The molecule has 0 atom stereocenters. The van der Waals surface area contributed by atoms with Crippen LogP contribution in [0.5, 0.6) is 0 Å². The largest absolute Gasteiger partial charge is 0.418 e. The molecule has 11 heteroatoms. The number of nitrogens with one attached hydrogen (secondary N) is 3. The van der Waals surface area contributed by atoms with Crippen molar-refractivity contribution in [2.75, 3.05) is 16.4 Å². The van der Waals surface area contributed by atoms with Crippen LogP contribution in [0.1, 0.15) is 46.8 Å². The van der Waals surface area contributed by atoms with E-state index < -0.39 is 29.5 Å². The number of carbonyl (C=O) groups is 3. The zero-order chi connectivity index (χ0) is 32.6. The molecule has 0 aliphatic carbocycles. The number of hydrogen-bond acceptors (Lipinski definition) is 4. The summed E-state index contributed by atoms with van der Waals surface area (Å²) >= 11 is 6.80. The molecule has 6 nitrogen and oxygen atoms in total. The summed E-state index contributed by atoms with van der Waals surface area (Å²) in [5.41, 5.74) is 1.31. The van der Waals surface area contributed by atoms with E-state index in [1.807, 2.05) is 24.3 Å². The van der Waals surface area contributed by atoms with E-state index in [-0.39, 0.29) is 22.2 Å². The zero-order valence-corrected chi connectivity index (χ0v) is 25.8. The van der Waals surface area contributed by atoms with E-state index in [0.717, 1.165) is 35.0 Å². The van der Waals surface area contributed by atoms with Gasteiger partial charge in [-0.15, -0.1) is 11.8 Å². The number of halogens is 4. The number of amides is 3. The van der Waals surface area contributed by atoms with Gasteiger partial charge in [-0.05, 0) is 77.7 Å². The second kappa shape index (κ2) is 15.0. The van der Waals surface area contributed by atoms with Gasteiger partial charge in [-0.3, -0.25) is 14.4 Å². The Kier molecular flexibility index (Phi) is 11.1. The third kappa shape index (κ3) is 9.72. The fourth-order valence-corrected chi connectivity index (χ4v) is 4.98. The average molecular weight is 652 g/mol. The fourth-order valence-electron chi connectivity index (χ4n) is 4.11. The highest BCUT2D eigenvalue weighted by Crippen LogP contribution is 2.36. The summed E-state index contributed by atoms with van der Waals surface area (Å²) in [4.78, 5) is 39.2. The Hall–Kier alpha value is -4.54. The molecule has 3 N–H and O–H groups in total. The lowest BCUT2D eigenvalue weighted by Crippen LogP contribution is -2.30. The molecule has 0 heterocycles. The quantitative estimate of drug-likeness (QED) is 0.118. The summed E-state index contributed by atoms with van der Waals surface area (Å²) in [7, 11) is 0. The third-order valence-corrected chi connectivity index (χ3v) is 7.73. The summed E-state index contributed by atoms with van der Waals surface area (Å²) in [5, 5.41) is 7.66. The van der Waals surface area contributed by atoms with E-state index in [4.69, 9.17) is 11.6 Å². The first-order chi connectivity index (χ1) is 21.4. The number of thioether (sulfide) groups is 1. The molecular weight excluding hydrogens is 623 g/mol. The highest BCUT2D eigenvalue weighted by atomic mass is 35.5. The van der Waals surface area contributed by atoms with Gasteiger partial charge in [0.25, 0.3) is 11.8 Å². The van der Waals surface area contributed by atoms with Crippen LogP contribution in [0.3, 0.4) is 0 Å². The van der Waals surface area contributed by atoms with E-state index in [0.29, 0.717) is 22.1 Å². The molecule has 0 saturated heterocycles. The van der Waals surface area contributed by atoms with Crippen molar-refractivity contribution in [3.05, 3.63) is 130 Å². The molecule has 0 aliphatic heterocycles. The van der Waals surface area contributed by atoms with Gasteiger partial charge in [0.05, 0.1) is 17.0 Å². The Morgan fingerprint density at radius 3 is 2.16 bits per heavy atom. The Morgan fingerprint density at radius 1 is 0.867 bits per heavy atom. The molecule has 0 saturated carbocycles. The Morgan fingerprint density at radius 2 is 1.53 bits per heavy atom. The molecular formula is C34H29ClF3N3O3S. The second-order valence-electron chi connectivity index (χ2n) is 10.2. The Labute approximate surface area is 268 Å². The molecule has 0 unspecified atom stereocenters. The maximum Gasteiger partial charge on any atom is 0.418 e. The zero-order valence-electron chi connectivity index (χ0n) is 24.2. The first-order valence-electron chi connectivity index (χ1n) is 13.8. The monoisotopic (exact) mass is 651 g/mol. The van der Waals surface area contributed by atoms with Crippen molar-refractivity contribution in [3.8, 4) is 0 Å². The minimum atomic E-state index is -4.68. The molecule has 4 aromatic carbocycles. The van der Waals surface area contributed by atoms with E-state index in [2.05, 4.69) is 29.8 Å². The number of anilines is 2. The molecule has 4 aromatic rings. The van der Waals surface area contributed by atoms with E-state index in [9.17, 15) is 27.6 Å². The van der Waals surface area contributed by atoms with Crippen LogP contribution in [-0.4, -0.2) is 23.5 Å². The summed E-state index contributed by atoms with van der Waals surface area (Å²) in [6.45, 7) is 4.16. The summed E-state index contributed by atoms with van der Waals surface area (Å²) in [5.74, 6) is -1.43. The molecule has 0 aliphatic rings. The van der Waals surface area contributed by atoms with Crippen molar-refractivity contribution < 1.29 is 27.6 Å². The number of benzene rings is 4. The van der Waals surface area contributed by atoms with Crippen LogP contribution in [-0.2, 0) is 15.8 Å². The van der Waals surface area contributed by atoms with Crippen molar-refractivity contribution >= 4 is 58.5 Å². The molecule has 0 radical (unpaired) electrons. The molecule has 3 amide bonds. The minimum Gasteiger partial charge on any atom is -0.325 e. The molecule has 0 bridgehead atoms. The number of hydrogen-bond donors (Lipinski definition) is 3. The maximum atomic E-state index is 13.3. The number of alkyl halides is 3. The summed E-state index contributed by atoms with van der Waals surface area (Å²) in [6, 6.07) is 25.9. The van der Waals surface area contributed by atoms with Crippen LogP contribution in [0.15, 0.2) is 108 Å². The van der Waals surface area contributed by atoms with Crippen molar-refractivity contribution in [1.82, 2.24) is 5.32 Å². The summed E-state index contributed by atoms with van der Waals surface area (Å²) < 4.78 is 40.0. The Bertz CT molecular complexity index is 1690. The van der Waals surface area contributed by atoms with Gasteiger partial charge in [0.1, 0.15) is 5.70 Å². The van der Waals surface area contributed by atoms with Crippen molar-refractivity contribution in [2.45, 2.75) is 30.8 Å². The number of carbonyl (C=O) groups excluding carboxylic acids is 3. The van der Waals surface area contributed by atoms with Crippen molar-refractivity contribution in [3.63, 3.8) is 0 Å². The van der Waals surface area contributed by atoms with Crippen LogP contribution < -0.4 is 16.0 Å².